The number of aromatic nitrogens is 3. The summed E-state index contributed by atoms with van der Waals surface area (Å²) >= 11 is 0. The summed E-state index contributed by atoms with van der Waals surface area (Å²) in [6.45, 7) is 0. The molecule has 0 aliphatic rings. The van der Waals surface area contributed by atoms with Crippen molar-refractivity contribution in [1.29, 1.82) is 0 Å². The molecule has 0 saturated heterocycles. The Morgan fingerprint density at radius 1 is 0.808 bits per heavy atom. The van der Waals surface area contributed by atoms with Gasteiger partial charge in [0.25, 0.3) is 0 Å². The maximum absolute atomic E-state index is 12.7. The number of alkyl halides is 3. The molecule has 3 aromatic heterocycles. The molecule has 0 saturated carbocycles. The normalized spacial score (nSPS) is 11.7. The van der Waals surface area contributed by atoms with Gasteiger partial charge in [-0.05, 0) is 48.5 Å². The molecule has 4 nitrogen and oxygen atoms in total. The molecule has 0 N–H and O–H groups in total. The number of fused-ring (bicyclic) bond motifs is 1. The Balaban J connectivity index is 1.72. The van der Waals surface area contributed by atoms with E-state index >= 15 is 0 Å². The van der Waals surface area contributed by atoms with Crippen LogP contribution in [0.4, 0.5) is 13.2 Å². The van der Waals surface area contributed by atoms with Crippen LogP contribution in [0.2, 0.25) is 0 Å². The van der Waals surface area contributed by atoms with Crippen molar-refractivity contribution < 1.29 is 17.9 Å². The van der Waals surface area contributed by atoms with Gasteiger partial charge in [-0.15, -0.1) is 0 Å². The van der Waals surface area contributed by atoms with Crippen molar-refractivity contribution in [1.82, 2.24) is 14.4 Å². The van der Waals surface area contributed by atoms with E-state index in [0.717, 1.165) is 23.3 Å². The summed E-state index contributed by atoms with van der Waals surface area (Å²) in [7, 11) is 0. The highest BCUT2D eigenvalue weighted by Crippen LogP contribution is 2.35. The van der Waals surface area contributed by atoms with Gasteiger partial charge in [0.15, 0.2) is 0 Å². The maximum atomic E-state index is 12.7. The second kappa shape index (κ2) is 6.18. The Morgan fingerprint density at radius 3 is 2.35 bits per heavy atom. The van der Waals surface area contributed by atoms with Crippen LogP contribution in [0.3, 0.4) is 0 Å². The average molecular weight is 355 g/mol. The van der Waals surface area contributed by atoms with Crippen LogP contribution in [0.25, 0.3) is 16.8 Å². The number of nitrogens with zero attached hydrogens (tertiary/aromatic N) is 3. The van der Waals surface area contributed by atoms with E-state index in [-0.39, 0.29) is 5.75 Å². The Labute approximate surface area is 146 Å². The Morgan fingerprint density at radius 2 is 1.58 bits per heavy atom. The lowest BCUT2D eigenvalue weighted by Crippen LogP contribution is -2.04. The first-order chi connectivity index (χ1) is 12.5. The van der Waals surface area contributed by atoms with E-state index in [9.17, 15) is 13.2 Å². The summed E-state index contributed by atoms with van der Waals surface area (Å²) in [6.07, 6.45) is 2.56. The van der Waals surface area contributed by atoms with Gasteiger partial charge < -0.3 is 9.14 Å². The topological polar surface area (TPSA) is 39.4 Å². The predicted molar refractivity (Wildman–Crippen MR) is 89.9 cm³/mol. The molecule has 4 aromatic rings. The first-order valence-electron chi connectivity index (χ1n) is 7.74. The standard InChI is InChI=1S/C19H12F3N3O/c20-19(21,22)13-5-7-14(8-6-13)26-18-16(3-1-9-24-18)15-4-2-11-25-12-10-23-17(15)25/h1-12H. The second-order valence-electron chi connectivity index (χ2n) is 5.56. The fourth-order valence-electron chi connectivity index (χ4n) is 2.66. The third kappa shape index (κ3) is 2.99. The van der Waals surface area contributed by atoms with Crippen molar-refractivity contribution in [2.75, 3.05) is 0 Å². The lowest BCUT2D eigenvalue weighted by atomic mass is 10.1. The number of hydrogen-bond acceptors (Lipinski definition) is 3. The molecule has 0 aliphatic heterocycles. The summed E-state index contributed by atoms with van der Waals surface area (Å²) in [4.78, 5) is 8.57. The zero-order valence-corrected chi connectivity index (χ0v) is 13.3. The van der Waals surface area contributed by atoms with Gasteiger partial charge in [-0.1, -0.05) is 0 Å². The molecule has 0 radical (unpaired) electrons. The Hall–Kier alpha value is -3.35. The van der Waals surface area contributed by atoms with E-state index in [2.05, 4.69) is 9.97 Å². The average Bonchev–Trinajstić information content (AvgIpc) is 3.11. The van der Waals surface area contributed by atoms with Gasteiger partial charge in [0.2, 0.25) is 5.88 Å². The number of benzene rings is 1. The molecule has 0 fully saturated rings. The zero-order chi connectivity index (χ0) is 18.1. The first kappa shape index (κ1) is 16.1. The third-order valence-corrected chi connectivity index (χ3v) is 3.88. The molecule has 3 heterocycles. The maximum Gasteiger partial charge on any atom is 0.416 e. The summed E-state index contributed by atoms with van der Waals surface area (Å²) in [5.74, 6) is 0.566. The summed E-state index contributed by atoms with van der Waals surface area (Å²) in [5.41, 5.74) is 1.52. The van der Waals surface area contributed by atoms with E-state index in [4.69, 9.17) is 4.74 Å². The molecule has 4 rings (SSSR count). The van der Waals surface area contributed by atoms with Gasteiger partial charge in [-0.25, -0.2) is 9.97 Å². The predicted octanol–water partition coefficient (Wildman–Crippen LogP) is 5.21. The van der Waals surface area contributed by atoms with E-state index in [1.54, 1.807) is 18.5 Å². The molecule has 130 valence electrons. The minimum Gasteiger partial charge on any atom is -0.438 e. The van der Waals surface area contributed by atoms with Crippen molar-refractivity contribution in [2.24, 2.45) is 0 Å². The number of pyridine rings is 2. The largest absolute Gasteiger partial charge is 0.438 e. The zero-order valence-electron chi connectivity index (χ0n) is 13.3. The Bertz CT molecular complexity index is 1060. The molecule has 0 aliphatic carbocycles. The highest BCUT2D eigenvalue weighted by atomic mass is 19.4. The lowest BCUT2D eigenvalue weighted by Gasteiger charge is -2.12. The van der Waals surface area contributed by atoms with E-state index in [1.165, 1.54) is 12.1 Å². The van der Waals surface area contributed by atoms with Crippen molar-refractivity contribution in [2.45, 2.75) is 6.18 Å². The Kier molecular flexibility index (Phi) is 3.84. The summed E-state index contributed by atoms with van der Waals surface area (Å²) in [5, 5.41) is 0. The molecule has 0 spiro atoms. The SMILES string of the molecule is FC(F)(F)c1ccc(Oc2ncccc2-c2cccn3ccnc23)cc1. The van der Waals surface area contributed by atoms with Gasteiger partial charge in [0, 0.05) is 35.9 Å². The molecule has 1 aromatic carbocycles. The molecule has 0 bridgehead atoms. The molecule has 0 amide bonds. The molecular weight excluding hydrogens is 343 g/mol. The molecule has 26 heavy (non-hydrogen) atoms. The van der Waals surface area contributed by atoms with Crippen LogP contribution in [0, 0.1) is 0 Å². The van der Waals surface area contributed by atoms with Crippen LogP contribution in [0.1, 0.15) is 5.56 Å². The molecule has 0 unspecified atom stereocenters. The molecule has 7 heteroatoms. The summed E-state index contributed by atoms with van der Waals surface area (Å²) < 4.78 is 45.7. The number of ether oxygens (including phenoxy) is 1. The van der Waals surface area contributed by atoms with E-state index < -0.39 is 11.7 Å². The van der Waals surface area contributed by atoms with Crippen LogP contribution < -0.4 is 4.74 Å². The quantitative estimate of drug-likeness (QED) is 0.507. The van der Waals surface area contributed by atoms with Crippen LogP contribution in [0.15, 0.2) is 73.3 Å². The fraction of sp³-hybridized carbons (Fsp3) is 0.0526. The van der Waals surface area contributed by atoms with Gasteiger partial charge in [0.05, 0.1) is 5.56 Å². The van der Waals surface area contributed by atoms with Crippen molar-refractivity contribution in [3.8, 4) is 22.8 Å². The molecule has 0 atom stereocenters. The monoisotopic (exact) mass is 355 g/mol. The van der Waals surface area contributed by atoms with Gasteiger partial charge in [-0.2, -0.15) is 13.2 Å². The van der Waals surface area contributed by atoms with Gasteiger partial charge in [-0.3, -0.25) is 0 Å². The minimum absolute atomic E-state index is 0.272. The number of hydrogen-bond donors (Lipinski definition) is 0. The van der Waals surface area contributed by atoms with E-state index in [1.807, 2.05) is 35.0 Å². The van der Waals surface area contributed by atoms with Gasteiger partial charge in [0.1, 0.15) is 11.4 Å². The number of rotatable bonds is 3. The van der Waals surface area contributed by atoms with Crippen LogP contribution >= 0.6 is 0 Å². The lowest BCUT2D eigenvalue weighted by molar-refractivity contribution is -0.137. The van der Waals surface area contributed by atoms with Gasteiger partial charge >= 0.3 is 6.18 Å². The number of imidazole rings is 1. The second-order valence-corrected chi connectivity index (χ2v) is 5.56. The van der Waals surface area contributed by atoms with E-state index in [0.29, 0.717) is 11.4 Å². The highest BCUT2D eigenvalue weighted by molar-refractivity contribution is 5.80. The van der Waals surface area contributed by atoms with Crippen molar-refractivity contribution >= 4 is 5.65 Å². The first-order valence-corrected chi connectivity index (χ1v) is 7.74. The summed E-state index contributed by atoms with van der Waals surface area (Å²) in [6, 6.07) is 11.9. The number of halogens is 3. The third-order valence-electron chi connectivity index (χ3n) is 3.88. The van der Waals surface area contributed by atoms with Crippen LogP contribution in [-0.2, 0) is 6.18 Å². The van der Waals surface area contributed by atoms with Crippen molar-refractivity contribution in [3.05, 3.63) is 78.9 Å². The smallest absolute Gasteiger partial charge is 0.416 e. The minimum atomic E-state index is -4.38. The van der Waals surface area contributed by atoms with Crippen LogP contribution in [-0.4, -0.2) is 14.4 Å². The van der Waals surface area contributed by atoms with Crippen LogP contribution in [0.5, 0.6) is 11.6 Å². The van der Waals surface area contributed by atoms with Crippen molar-refractivity contribution in [3.63, 3.8) is 0 Å². The highest BCUT2D eigenvalue weighted by Gasteiger charge is 2.30. The molecular formula is C19H12F3N3O. The fourth-order valence-corrected chi connectivity index (χ4v) is 2.66.